The number of nitrogens with zero attached hydrogens (tertiary/aromatic N) is 2. The minimum Gasteiger partial charge on any atom is -0.488 e. The van der Waals surface area contributed by atoms with Crippen LogP contribution < -0.4 is 21.3 Å². The van der Waals surface area contributed by atoms with Gasteiger partial charge in [0.1, 0.15) is 12.4 Å². The van der Waals surface area contributed by atoms with Gasteiger partial charge in [-0.3, -0.25) is 4.90 Å². The molecule has 0 saturated carbocycles. The number of nitrogens with one attached hydrogen (secondary N) is 2. The monoisotopic (exact) mass is 471 g/mol. The van der Waals surface area contributed by atoms with Gasteiger partial charge in [-0.05, 0) is 43.7 Å². The number of para-hydroxylation sites is 1. The van der Waals surface area contributed by atoms with Crippen LogP contribution in [0.1, 0.15) is 46.3 Å². The Labute approximate surface area is 209 Å². The Balaban J connectivity index is 1.23. The second kappa shape index (κ2) is 10.8. The molecule has 3 aromatic rings. The summed E-state index contributed by atoms with van der Waals surface area (Å²) in [6, 6.07) is 23.8. The number of nitrogens with two attached hydrogens (primary N) is 1. The van der Waals surface area contributed by atoms with Crippen LogP contribution in [0.15, 0.2) is 66.7 Å². The summed E-state index contributed by atoms with van der Waals surface area (Å²) in [4.78, 5) is 4.94. The fraction of sp³-hybridized carbons (Fsp3) is 0.379. The topological polar surface area (TPSA) is 65.8 Å². The molecule has 0 radical (unpaired) electrons. The summed E-state index contributed by atoms with van der Waals surface area (Å²) in [7, 11) is 2.20. The Bertz CT molecular complexity index is 1120. The quantitative estimate of drug-likeness (QED) is 0.449. The first kappa shape index (κ1) is 23.8. The first-order chi connectivity index (χ1) is 17.0. The summed E-state index contributed by atoms with van der Waals surface area (Å²) in [5, 5.41) is 0. The lowest BCUT2D eigenvalue weighted by atomic mass is 9.95. The number of hydrogen-bond acceptors (Lipinski definition) is 6. The van der Waals surface area contributed by atoms with Crippen LogP contribution in [0.2, 0.25) is 0 Å². The standard InChI is InChI=1S/C29H37N5O/c1-21-7-12-29(35-20-24-5-3-4-6-26(24)30)25(17-21)28-18-27(31-32-28)23-10-8-22(9-11-23)19-34-15-13-33(2)14-16-34/h3-12,17,27-28,31-32H,13-16,18-20,30H2,1-2H3. The van der Waals surface area contributed by atoms with E-state index in [2.05, 4.69) is 77.1 Å². The molecule has 2 aliphatic heterocycles. The third-order valence-corrected chi connectivity index (χ3v) is 7.27. The molecule has 2 atom stereocenters. The van der Waals surface area contributed by atoms with E-state index in [1.54, 1.807) is 0 Å². The molecule has 2 heterocycles. The molecule has 0 amide bonds. The maximum atomic E-state index is 6.25. The fourth-order valence-corrected chi connectivity index (χ4v) is 4.99. The van der Waals surface area contributed by atoms with Gasteiger partial charge in [0, 0.05) is 55.6 Å². The van der Waals surface area contributed by atoms with E-state index in [9.17, 15) is 0 Å². The molecule has 0 aromatic heterocycles. The molecule has 4 N–H and O–H groups in total. The highest BCUT2D eigenvalue weighted by Crippen LogP contribution is 2.36. The Morgan fingerprint density at radius 2 is 1.66 bits per heavy atom. The van der Waals surface area contributed by atoms with E-state index in [4.69, 9.17) is 10.5 Å². The summed E-state index contributed by atoms with van der Waals surface area (Å²) < 4.78 is 6.25. The van der Waals surface area contributed by atoms with Gasteiger partial charge in [0.2, 0.25) is 0 Å². The van der Waals surface area contributed by atoms with E-state index in [0.717, 1.165) is 56.1 Å². The normalized spacial score (nSPS) is 21.3. The van der Waals surface area contributed by atoms with Crippen LogP contribution in [0.5, 0.6) is 5.75 Å². The lowest BCUT2D eigenvalue weighted by molar-refractivity contribution is 0.148. The van der Waals surface area contributed by atoms with Crippen molar-refractivity contribution < 1.29 is 4.74 Å². The highest BCUT2D eigenvalue weighted by molar-refractivity contribution is 5.47. The zero-order valence-corrected chi connectivity index (χ0v) is 20.8. The molecule has 0 bridgehead atoms. The minimum absolute atomic E-state index is 0.174. The van der Waals surface area contributed by atoms with E-state index < -0.39 is 0 Å². The highest BCUT2D eigenvalue weighted by atomic mass is 16.5. The summed E-state index contributed by atoms with van der Waals surface area (Å²) in [5.41, 5.74) is 20.0. The van der Waals surface area contributed by atoms with Crippen molar-refractivity contribution in [1.82, 2.24) is 20.7 Å². The van der Waals surface area contributed by atoms with Crippen LogP contribution in [-0.4, -0.2) is 43.0 Å². The van der Waals surface area contributed by atoms with Gasteiger partial charge < -0.3 is 15.4 Å². The molecule has 6 nitrogen and oxygen atoms in total. The SMILES string of the molecule is Cc1ccc(OCc2ccccc2N)c(C2CC(c3ccc(CN4CCN(C)CC4)cc3)NN2)c1. The number of likely N-dealkylation sites (N-methyl/N-ethyl adjacent to an activating group) is 1. The van der Waals surface area contributed by atoms with E-state index in [1.165, 1.54) is 22.3 Å². The zero-order valence-electron chi connectivity index (χ0n) is 20.8. The van der Waals surface area contributed by atoms with Crippen molar-refractivity contribution in [3.8, 4) is 5.75 Å². The van der Waals surface area contributed by atoms with Gasteiger partial charge in [-0.15, -0.1) is 0 Å². The third-order valence-electron chi connectivity index (χ3n) is 7.27. The lowest BCUT2D eigenvalue weighted by Gasteiger charge is -2.32. The van der Waals surface area contributed by atoms with E-state index in [0.29, 0.717) is 6.61 Å². The second-order valence-corrected chi connectivity index (χ2v) is 9.98. The number of hydrogen-bond donors (Lipinski definition) is 3. The van der Waals surface area contributed by atoms with Crippen LogP contribution >= 0.6 is 0 Å². The van der Waals surface area contributed by atoms with Gasteiger partial charge in [0.25, 0.3) is 0 Å². The Morgan fingerprint density at radius 3 is 2.43 bits per heavy atom. The number of piperazine rings is 1. The molecule has 35 heavy (non-hydrogen) atoms. The molecule has 2 unspecified atom stereocenters. The van der Waals surface area contributed by atoms with Crippen LogP contribution in [0, 0.1) is 6.92 Å². The number of ether oxygens (including phenoxy) is 1. The molecule has 5 rings (SSSR count). The fourth-order valence-electron chi connectivity index (χ4n) is 4.99. The largest absolute Gasteiger partial charge is 0.488 e. The first-order valence-corrected chi connectivity index (χ1v) is 12.6. The third kappa shape index (κ3) is 5.85. The summed E-state index contributed by atoms with van der Waals surface area (Å²) in [5.74, 6) is 0.904. The Morgan fingerprint density at radius 1 is 0.914 bits per heavy atom. The van der Waals surface area contributed by atoms with Crippen LogP contribution in [-0.2, 0) is 13.2 Å². The molecule has 2 aliphatic rings. The van der Waals surface area contributed by atoms with Crippen LogP contribution in [0.4, 0.5) is 5.69 Å². The molecule has 0 aliphatic carbocycles. The molecule has 3 aromatic carbocycles. The summed E-state index contributed by atoms with van der Waals surface area (Å²) in [6.45, 7) is 8.21. The second-order valence-electron chi connectivity index (χ2n) is 9.98. The van der Waals surface area contributed by atoms with E-state index in [1.807, 2.05) is 24.3 Å². The average Bonchev–Trinajstić information content (AvgIpc) is 3.36. The summed E-state index contributed by atoms with van der Waals surface area (Å²) >= 11 is 0. The van der Waals surface area contributed by atoms with E-state index >= 15 is 0 Å². The predicted molar refractivity (Wildman–Crippen MR) is 142 cm³/mol. The number of aryl methyl sites for hydroxylation is 1. The van der Waals surface area contributed by atoms with Crippen molar-refractivity contribution in [3.05, 3.63) is 94.5 Å². The Kier molecular flexibility index (Phi) is 7.35. The van der Waals surface area contributed by atoms with Gasteiger partial charge in [-0.1, -0.05) is 60.2 Å². The van der Waals surface area contributed by atoms with Crippen LogP contribution in [0.3, 0.4) is 0 Å². The van der Waals surface area contributed by atoms with Gasteiger partial charge in [-0.25, -0.2) is 10.9 Å². The van der Waals surface area contributed by atoms with Crippen molar-refractivity contribution in [2.24, 2.45) is 0 Å². The molecule has 6 heteroatoms. The van der Waals surface area contributed by atoms with Crippen LogP contribution in [0.25, 0.3) is 0 Å². The molecular formula is C29H37N5O. The van der Waals surface area contributed by atoms with Gasteiger partial charge in [-0.2, -0.15) is 0 Å². The van der Waals surface area contributed by atoms with Gasteiger partial charge in [0.15, 0.2) is 0 Å². The van der Waals surface area contributed by atoms with Crippen molar-refractivity contribution in [1.29, 1.82) is 0 Å². The smallest absolute Gasteiger partial charge is 0.124 e. The summed E-state index contributed by atoms with van der Waals surface area (Å²) in [6.07, 6.45) is 0.963. The average molecular weight is 472 g/mol. The molecular weight excluding hydrogens is 434 g/mol. The maximum Gasteiger partial charge on any atom is 0.124 e. The molecule has 2 fully saturated rings. The van der Waals surface area contributed by atoms with Gasteiger partial charge in [0.05, 0.1) is 6.04 Å². The van der Waals surface area contributed by atoms with Gasteiger partial charge >= 0.3 is 0 Å². The van der Waals surface area contributed by atoms with Crippen molar-refractivity contribution in [3.63, 3.8) is 0 Å². The van der Waals surface area contributed by atoms with Crippen molar-refractivity contribution >= 4 is 5.69 Å². The number of rotatable bonds is 7. The van der Waals surface area contributed by atoms with Crippen molar-refractivity contribution in [2.75, 3.05) is 39.0 Å². The number of hydrazine groups is 1. The molecule has 184 valence electrons. The zero-order chi connectivity index (χ0) is 24.2. The number of anilines is 1. The highest BCUT2D eigenvalue weighted by Gasteiger charge is 2.28. The lowest BCUT2D eigenvalue weighted by Crippen LogP contribution is -2.43. The molecule has 0 spiro atoms. The minimum atomic E-state index is 0.174. The number of benzene rings is 3. The first-order valence-electron chi connectivity index (χ1n) is 12.6. The van der Waals surface area contributed by atoms with Crippen molar-refractivity contribution in [2.45, 2.75) is 38.6 Å². The Hall–Kier alpha value is -2.90. The predicted octanol–water partition coefficient (Wildman–Crippen LogP) is 4.18. The molecule has 2 saturated heterocycles. The maximum absolute atomic E-state index is 6.25. The number of nitrogen functional groups attached to an aromatic ring is 1. The van der Waals surface area contributed by atoms with E-state index in [-0.39, 0.29) is 12.1 Å².